The molecule has 1 aliphatic rings. The first-order chi connectivity index (χ1) is 13.5. The molecule has 0 saturated heterocycles. The zero-order valence-corrected chi connectivity index (χ0v) is 16.9. The fourth-order valence-electron chi connectivity index (χ4n) is 3.44. The third kappa shape index (κ3) is 3.74. The lowest BCUT2D eigenvalue weighted by Crippen LogP contribution is -2.34. The Hall–Kier alpha value is -2.45. The molecule has 3 aromatic heterocycles. The minimum absolute atomic E-state index is 0.175. The number of aryl methyl sites for hydroxylation is 1. The molecule has 1 aliphatic heterocycles. The van der Waals surface area contributed by atoms with E-state index in [9.17, 15) is 4.79 Å². The highest BCUT2D eigenvalue weighted by molar-refractivity contribution is 6.36. The number of hydrogen-bond donors (Lipinski definition) is 1. The summed E-state index contributed by atoms with van der Waals surface area (Å²) < 4.78 is 3.57. The van der Waals surface area contributed by atoms with Crippen molar-refractivity contribution in [2.75, 3.05) is 13.1 Å². The van der Waals surface area contributed by atoms with E-state index in [0.717, 1.165) is 37.4 Å². The SMILES string of the molecule is CCCCN1CCn2nc(CNC(=O)c3nn4cc(C)cnc4c3Cl)cc2C1. The van der Waals surface area contributed by atoms with E-state index in [1.807, 2.05) is 11.6 Å². The minimum Gasteiger partial charge on any atom is -0.345 e. The van der Waals surface area contributed by atoms with Crippen LogP contribution in [0.1, 0.15) is 47.2 Å². The molecule has 0 spiro atoms. The van der Waals surface area contributed by atoms with Crippen molar-refractivity contribution in [3.63, 3.8) is 0 Å². The first kappa shape index (κ1) is 18.9. The van der Waals surface area contributed by atoms with Crippen molar-refractivity contribution in [3.8, 4) is 0 Å². The summed E-state index contributed by atoms with van der Waals surface area (Å²) in [6.07, 6.45) is 5.90. The highest BCUT2D eigenvalue weighted by Gasteiger charge is 2.21. The van der Waals surface area contributed by atoms with E-state index < -0.39 is 0 Å². The number of nitrogens with zero attached hydrogens (tertiary/aromatic N) is 6. The summed E-state index contributed by atoms with van der Waals surface area (Å²) in [5, 5.41) is 12.0. The number of amides is 1. The molecular formula is C19H24ClN7O. The molecule has 8 nitrogen and oxygen atoms in total. The molecule has 0 aliphatic carbocycles. The van der Waals surface area contributed by atoms with Crippen LogP contribution >= 0.6 is 11.6 Å². The fourth-order valence-corrected chi connectivity index (χ4v) is 3.70. The molecule has 0 aromatic carbocycles. The predicted octanol–water partition coefficient (Wildman–Crippen LogP) is 2.43. The quantitative estimate of drug-likeness (QED) is 0.686. The van der Waals surface area contributed by atoms with Gasteiger partial charge in [0.15, 0.2) is 11.3 Å². The van der Waals surface area contributed by atoms with Crippen LogP contribution in [0.15, 0.2) is 18.5 Å². The first-order valence-corrected chi connectivity index (χ1v) is 9.99. The van der Waals surface area contributed by atoms with E-state index in [0.29, 0.717) is 12.2 Å². The Labute approximate surface area is 168 Å². The molecule has 28 heavy (non-hydrogen) atoms. The van der Waals surface area contributed by atoms with Gasteiger partial charge in [0.05, 0.1) is 24.5 Å². The van der Waals surface area contributed by atoms with Crippen LogP contribution in [-0.4, -0.2) is 48.3 Å². The van der Waals surface area contributed by atoms with Gasteiger partial charge in [0.2, 0.25) is 0 Å². The van der Waals surface area contributed by atoms with Crippen molar-refractivity contribution >= 4 is 23.2 Å². The van der Waals surface area contributed by atoms with Crippen LogP contribution in [0, 0.1) is 6.92 Å². The van der Waals surface area contributed by atoms with Gasteiger partial charge in [-0.15, -0.1) is 0 Å². The number of carbonyl (C=O) groups is 1. The highest BCUT2D eigenvalue weighted by atomic mass is 35.5. The van der Waals surface area contributed by atoms with Crippen LogP contribution in [0.5, 0.6) is 0 Å². The molecule has 4 heterocycles. The predicted molar refractivity (Wildman–Crippen MR) is 106 cm³/mol. The molecule has 0 atom stereocenters. The zero-order valence-electron chi connectivity index (χ0n) is 16.2. The van der Waals surface area contributed by atoms with Crippen LogP contribution in [0.2, 0.25) is 5.02 Å². The number of aromatic nitrogens is 5. The van der Waals surface area contributed by atoms with Gasteiger partial charge >= 0.3 is 0 Å². The van der Waals surface area contributed by atoms with Crippen molar-refractivity contribution < 1.29 is 4.79 Å². The molecule has 1 N–H and O–H groups in total. The fraction of sp³-hybridized carbons (Fsp3) is 0.474. The largest absolute Gasteiger partial charge is 0.345 e. The Balaban J connectivity index is 1.42. The van der Waals surface area contributed by atoms with Gasteiger partial charge in [0.25, 0.3) is 5.91 Å². The summed E-state index contributed by atoms with van der Waals surface area (Å²) >= 11 is 6.29. The molecule has 9 heteroatoms. The highest BCUT2D eigenvalue weighted by Crippen LogP contribution is 2.20. The van der Waals surface area contributed by atoms with Gasteiger partial charge < -0.3 is 5.32 Å². The molecule has 0 unspecified atom stereocenters. The van der Waals surface area contributed by atoms with Crippen LogP contribution < -0.4 is 5.32 Å². The van der Waals surface area contributed by atoms with Gasteiger partial charge in [0.1, 0.15) is 5.02 Å². The standard InChI is InChI=1S/C19H24ClN7O/c1-3-4-5-25-6-7-26-15(12-25)8-14(23-26)10-22-19(28)17-16(20)18-21-9-13(2)11-27(18)24-17/h8-9,11H,3-7,10,12H2,1-2H3,(H,22,28). The Kier molecular flexibility index (Phi) is 5.32. The first-order valence-electron chi connectivity index (χ1n) is 9.61. The summed E-state index contributed by atoms with van der Waals surface area (Å²) in [6, 6.07) is 2.06. The number of fused-ring (bicyclic) bond motifs is 2. The maximum atomic E-state index is 12.6. The van der Waals surface area contributed by atoms with Crippen LogP contribution in [0.3, 0.4) is 0 Å². The van der Waals surface area contributed by atoms with Crippen molar-refractivity contribution in [2.45, 2.75) is 46.3 Å². The summed E-state index contributed by atoms with van der Waals surface area (Å²) in [5.41, 5.74) is 3.62. The van der Waals surface area contributed by atoms with Gasteiger partial charge in [-0.1, -0.05) is 24.9 Å². The van der Waals surface area contributed by atoms with Crippen LogP contribution in [0.4, 0.5) is 0 Å². The van der Waals surface area contributed by atoms with E-state index in [2.05, 4.69) is 38.4 Å². The molecule has 148 valence electrons. The molecule has 4 rings (SSSR count). The second-order valence-corrected chi connectivity index (χ2v) is 7.60. The molecule has 0 bridgehead atoms. The van der Waals surface area contributed by atoms with Crippen molar-refractivity contribution in [1.82, 2.24) is 34.6 Å². The van der Waals surface area contributed by atoms with E-state index in [4.69, 9.17) is 11.6 Å². The average Bonchev–Trinajstić information content (AvgIpc) is 3.24. The molecular weight excluding hydrogens is 378 g/mol. The van der Waals surface area contributed by atoms with Gasteiger partial charge in [-0.2, -0.15) is 10.2 Å². The molecule has 0 radical (unpaired) electrons. The van der Waals surface area contributed by atoms with Crippen molar-refractivity contribution in [2.24, 2.45) is 0 Å². The topological polar surface area (TPSA) is 80.4 Å². The number of halogens is 1. The summed E-state index contributed by atoms with van der Waals surface area (Å²) in [7, 11) is 0. The van der Waals surface area contributed by atoms with Crippen molar-refractivity contribution in [1.29, 1.82) is 0 Å². The maximum Gasteiger partial charge on any atom is 0.273 e. The van der Waals surface area contributed by atoms with Gasteiger partial charge in [-0.05, 0) is 31.5 Å². The van der Waals surface area contributed by atoms with E-state index >= 15 is 0 Å². The van der Waals surface area contributed by atoms with E-state index in [1.165, 1.54) is 23.1 Å². The number of hydrogen-bond acceptors (Lipinski definition) is 5. The minimum atomic E-state index is -0.330. The summed E-state index contributed by atoms with van der Waals surface area (Å²) in [6.45, 7) is 8.38. The van der Waals surface area contributed by atoms with E-state index in [1.54, 1.807) is 12.4 Å². The normalized spacial score (nSPS) is 14.4. The van der Waals surface area contributed by atoms with Gasteiger partial charge in [-0.25, -0.2) is 9.50 Å². The third-order valence-electron chi connectivity index (χ3n) is 4.95. The van der Waals surface area contributed by atoms with Gasteiger partial charge in [-0.3, -0.25) is 14.4 Å². The third-order valence-corrected chi connectivity index (χ3v) is 5.29. The van der Waals surface area contributed by atoms with Crippen molar-refractivity contribution in [3.05, 3.63) is 46.1 Å². The van der Waals surface area contributed by atoms with Crippen LogP contribution in [0.25, 0.3) is 5.65 Å². The summed E-state index contributed by atoms with van der Waals surface area (Å²) in [5.74, 6) is -0.330. The Bertz CT molecular complexity index is 1010. The lowest BCUT2D eigenvalue weighted by molar-refractivity contribution is 0.0945. The maximum absolute atomic E-state index is 12.6. The van der Waals surface area contributed by atoms with Gasteiger partial charge in [0, 0.05) is 25.5 Å². The lowest BCUT2D eigenvalue weighted by atomic mass is 10.2. The number of carbonyl (C=O) groups excluding carboxylic acids is 1. The number of rotatable bonds is 6. The average molecular weight is 402 g/mol. The molecule has 0 saturated carbocycles. The lowest BCUT2D eigenvalue weighted by Gasteiger charge is -2.27. The molecule has 3 aromatic rings. The van der Waals surface area contributed by atoms with E-state index in [-0.39, 0.29) is 16.6 Å². The second-order valence-electron chi connectivity index (χ2n) is 7.22. The zero-order chi connectivity index (χ0) is 19.7. The van der Waals surface area contributed by atoms with Crippen LogP contribution in [-0.2, 0) is 19.6 Å². The Morgan fingerprint density at radius 3 is 3.00 bits per heavy atom. The monoisotopic (exact) mass is 401 g/mol. The molecule has 1 amide bonds. The Morgan fingerprint density at radius 2 is 2.18 bits per heavy atom. The number of nitrogens with one attached hydrogen (secondary N) is 1. The number of unbranched alkanes of at least 4 members (excludes halogenated alkanes) is 1. The summed E-state index contributed by atoms with van der Waals surface area (Å²) in [4.78, 5) is 19.3. The molecule has 0 fully saturated rings. The second kappa shape index (κ2) is 7.89. The Morgan fingerprint density at radius 1 is 1.32 bits per heavy atom. The smallest absolute Gasteiger partial charge is 0.273 e.